The maximum absolute atomic E-state index is 13.2. The fraction of sp³-hybridized carbons (Fsp3) is 0.909. The van der Waals surface area contributed by atoms with Crippen LogP contribution in [0.5, 0.6) is 0 Å². The van der Waals surface area contributed by atoms with Gasteiger partial charge >= 0.3 is 6.09 Å². The standard InChI is InChI=1S/C11H20FNO2/c1-8-5-6-9(12)7-13(8)10(14)15-11(2,3)4/h8-9H,5-7H2,1-4H3/t8-,9-/m0/s1. The van der Waals surface area contributed by atoms with Crippen LogP contribution in [0.2, 0.25) is 0 Å². The molecule has 88 valence electrons. The lowest BCUT2D eigenvalue weighted by Crippen LogP contribution is -2.48. The van der Waals surface area contributed by atoms with Crippen LogP contribution in [0, 0.1) is 0 Å². The Morgan fingerprint density at radius 2 is 2.00 bits per heavy atom. The summed E-state index contributed by atoms with van der Waals surface area (Å²) in [5.74, 6) is 0. The molecule has 0 saturated carbocycles. The summed E-state index contributed by atoms with van der Waals surface area (Å²) in [5, 5.41) is 0. The summed E-state index contributed by atoms with van der Waals surface area (Å²) in [6, 6.07) is 0.0758. The van der Waals surface area contributed by atoms with Gasteiger partial charge in [0, 0.05) is 6.04 Å². The summed E-state index contributed by atoms with van der Waals surface area (Å²) in [6.07, 6.45) is -0.0630. The lowest BCUT2D eigenvalue weighted by Gasteiger charge is -2.36. The molecule has 15 heavy (non-hydrogen) atoms. The van der Waals surface area contributed by atoms with Gasteiger partial charge in [0.1, 0.15) is 11.8 Å². The van der Waals surface area contributed by atoms with Gasteiger partial charge in [0.15, 0.2) is 0 Å². The molecule has 1 rings (SSSR count). The largest absolute Gasteiger partial charge is 0.444 e. The second-order valence-electron chi connectivity index (χ2n) is 5.16. The number of halogens is 1. The van der Waals surface area contributed by atoms with E-state index in [2.05, 4.69) is 0 Å². The normalized spacial score (nSPS) is 27.7. The van der Waals surface area contributed by atoms with Gasteiger partial charge in [-0.1, -0.05) is 0 Å². The monoisotopic (exact) mass is 217 g/mol. The Bertz CT molecular complexity index is 237. The number of piperidine rings is 1. The highest BCUT2D eigenvalue weighted by atomic mass is 19.1. The summed E-state index contributed by atoms with van der Waals surface area (Å²) in [4.78, 5) is 13.2. The number of carbonyl (C=O) groups is 1. The van der Waals surface area contributed by atoms with Gasteiger partial charge in [0.2, 0.25) is 0 Å². The van der Waals surface area contributed by atoms with Gasteiger partial charge in [-0.2, -0.15) is 0 Å². The second kappa shape index (κ2) is 4.37. The molecule has 3 nitrogen and oxygen atoms in total. The Morgan fingerprint density at radius 1 is 1.40 bits per heavy atom. The van der Waals surface area contributed by atoms with Gasteiger partial charge in [-0.3, -0.25) is 0 Å². The molecule has 0 aromatic carbocycles. The first-order chi connectivity index (χ1) is 6.79. The Kier molecular flexibility index (Phi) is 3.58. The number of likely N-dealkylation sites (tertiary alicyclic amines) is 1. The zero-order valence-electron chi connectivity index (χ0n) is 9.92. The molecule has 1 aliphatic rings. The van der Waals surface area contributed by atoms with Crippen LogP contribution in [0.3, 0.4) is 0 Å². The van der Waals surface area contributed by atoms with E-state index in [1.807, 2.05) is 27.7 Å². The molecule has 1 saturated heterocycles. The van der Waals surface area contributed by atoms with E-state index in [4.69, 9.17) is 4.74 Å². The van der Waals surface area contributed by atoms with E-state index >= 15 is 0 Å². The van der Waals surface area contributed by atoms with Crippen LogP contribution in [-0.2, 0) is 4.74 Å². The van der Waals surface area contributed by atoms with Crippen molar-refractivity contribution in [2.45, 2.75) is 58.4 Å². The van der Waals surface area contributed by atoms with E-state index < -0.39 is 17.9 Å². The molecule has 0 N–H and O–H groups in total. The fourth-order valence-electron chi connectivity index (χ4n) is 1.64. The number of amides is 1. The van der Waals surface area contributed by atoms with Crippen molar-refractivity contribution in [2.75, 3.05) is 6.54 Å². The first-order valence-electron chi connectivity index (χ1n) is 5.43. The van der Waals surface area contributed by atoms with Crippen LogP contribution >= 0.6 is 0 Å². The zero-order valence-corrected chi connectivity index (χ0v) is 9.92. The number of rotatable bonds is 0. The number of nitrogens with zero attached hydrogens (tertiary/aromatic N) is 1. The number of hydrogen-bond donors (Lipinski definition) is 0. The molecule has 1 amide bonds. The number of carbonyl (C=O) groups excluding carboxylic acids is 1. The minimum Gasteiger partial charge on any atom is -0.444 e. The minimum absolute atomic E-state index is 0.0758. The highest BCUT2D eigenvalue weighted by molar-refractivity contribution is 5.68. The first kappa shape index (κ1) is 12.3. The highest BCUT2D eigenvalue weighted by Crippen LogP contribution is 2.21. The SMILES string of the molecule is C[C@H]1CC[C@H](F)CN1C(=O)OC(C)(C)C. The third-order valence-corrected chi connectivity index (χ3v) is 2.45. The second-order valence-corrected chi connectivity index (χ2v) is 5.16. The summed E-state index contributed by atoms with van der Waals surface area (Å²) in [5.41, 5.74) is -0.514. The van der Waals surface area contributed by atoms with E-state index in [1.165, 1.54) is 4.90 Å². The fourth-order valence-corrected chi connectivity index (χ4v) is 1.64. The molecule has 0 radical (unpaired) electrons. The van der Waals surface area contributed by atoms with Crippen LogP contribution in [0.25, 0.3) is 0 Å². The van der Waals surface area contributed by atoms with Crippen LogP contribution in [0.4, 0.5) is 9.18 Å². The van der Waals surface area contributed by atoms with E-state index in [9.17, 15) is 9.18 Å². The van der Waals surface area contributed by atoms with Crippen molar-refractivity contribution in [1.29, 1.82) is 0 Å². The van der Waals surface area contributed by atoms with Crippen LogP contribution in [-0.4, -0.2) is 35.4 Å². The summed E-state index contributed by atoms with van der Waals surface area (Å²) in [7, 11) is 0. The third kappa shape index (κ3) is 3.68. The average molecular weight is 217 g/mol. The van der Waals surface area contributed by atoms with Crippen molar-refractivity contribution >= 4 is 6.09 Å². The van der Waals surface area contributed by atoms with Crippen molar-refractivity contribution < 1.29 is 13.9 Å². The lowest BCUT2D eigenvalue weighted by atomic mass is 10.0. The molecule has 1 fully saturated rings. The molecular formula is C11H20FNO2. The highest BCUT2D eigenvalue weighted by Gasteiger charge is 2.31. The van der Waals surface area contributed by atoms with Crippen molar-refractivity contribution in [2.24, 2.45) is 0 Å². The predicted octanol–water partition coefficient (Wildman–Crippen LogP) is 2.74. The Balaban J connectivity index is 2.57. The van der Waals surface area contributed by atoms with Crippen molar-refractivity contribution in [3.63, 3.8) is 0 Å². The Labute approximate surface area is 90.6 Å². The zero-order chi connectivity index (χ0) is 11.6. The lowest BCUT2D eigenvalue weighted by molar-refractivity contribution is 0.00204. The topological polar surface area (TPSA) is 29.5 Å². The van der Waals surface area contributed by atoms with Gasteiger partial charge in [-0.25, -0.2) is 9.18 Å². The molecule has 0 unspecified atom stereocenters. The van der Waals surface area contributed by atoms with E-state index in [-0.39, 0.29) is 12.6 Å². The molecule has 0 bridgehead atoms. The third-order valence-electron chi connectivity index (χ3n) is 2.45. The molecule has 4 heteroatoms. The molecule has 1 aliphatic heterocycles. The first-order valence-corrected chi connectivity index (χ1v) is 5.43. The molecule has 0 aliphatic carbocycles. The van der Waals surface area contributed by atoms with Crippen LogP contribution in [0.1, 0.15) is 40.5 Å². The van der Waals surface area contributed by atoms with Gasteiger partial charge in [-0.05, 0) is 40.5 Å². The Morgan fingerprint density at radius 3 is 2.53 bits per heavy atom. The summed E-state index contributed by atoms with van der Waals surface area (Å²) in [6.45, 7) is 7.53. The number of ether oxygens (including phenoxy) is 1. The van der Waals surface area contributed by atoms with Crippen LogP contribution < -0.4 is 0 Å². The predicted molar refractivity (Wildman–Crippen MR) is 56.5 cm³/mol. The smallest absolute Gasteiger partial charge is 0.410 e. The van der Waals surface area contributed by atoms with Crippen LogP contribution in [0.15, 0.2) is 0 Å². The van der Waals surface area contributed by atoms with Gasteiger partial charge in [-0.15, -0.1) is 0 Å². The van der Waals surface area contributed by atoms with Crippen molar-refractivity contribution in [1.82, 2.24) is 4.90 Å². The maximum atomic E-state index is 13.2. The molecular weight excluding hydrogens is 197 g/mol. The van der Waals surface area contributed by atoms with E-state index in [0.717, 1.165) is 0 Å². The molecule has 1 heterocycles. The quantitative estimate of drug-likeness (QED) is 0.624. The van der Waals surface area contributed by atoms with E-state index in [1.54, 1.807) is 0 Å². The van der Waals surface area contributed by atoms with Crippen molar-refractivity contribution in [3.05, 3.63) is 0 Å². The minimum atomic E-state index is -0.909. The number of alkyl halides is 1. The summed E-state index contributed by atoms with van der Waals surface area (Å²) >= 11 is 0. The molecule has 0 aromatic rings. The van der Waals surface area contributed by atoms with Gasteiger partial charge < -0.3 is 9.64 Å². The molecule has 0 aromatic heterocycles. The number of hydrogen-bond acceptors (Lipinski definition) is 2. The summed E-state index contributed by atoms with van der Waals surface area (Å²) < 4.78 is 18.4. The van der Waals surface area contributed by atoms with Gasteiger partial charge in [0.25, 0.3) is 0 Å². The average Bonchev–Trinajstić information content (AvgIpc) is 2.06. The van der Waals surface area contributed by atoms with Crippen molar-refractivity contribution in [3.8, 4) is 0 Å². The van der Waals surface area contributed by atoms with Gasteiger partial charge in [0.05, 0.1) is 6.54 Å². The molecule has 0 spiro atoms. The Hall–Kier alpha value is -0.800. The maximum Gasteiger partial charge on any atom is 0.410 e. The molecule has 2 atom stereocenters. The van der Waals surface area contributed by atoms with E-state index in [0.29, 0.717) is 12.8 Å².